The van der Waals surface area contributed by atoms with E-state index in [9.17, 15) is 0 Å². The maximum absolute atomic E-state index is 7.34. The molecule has 0 atom stereocenters. The first-order valence-electron chi connectivity index (χ1n) is 5.60. The van der Waals surface area contributed by atoms with Crippen LogP contribution in [0.15, 0.2) is 30.5 Å². The molecule has 0 unspecified atom stereocenters. The van der Waals surface area contributed by atoms with E-state index < -0.39 is 0 Å². The van der Waals surface area contributed by atoms with Gasteiger partial charge in [-0.2, -0.15) is 0 Å². The van der Waals surface area contributed by atoms with Gasteiger partial charge in [-0.3, -0.25) is 5.41 Å². The predicted octanol–water partition coefficient (Wildman–Crippen LogP) is 2.16. The first-order chi connectivity index (χ1) is 8.11. The van der Waals surface area contributed by atoms with Crippen LogP contribution < -0.4 is 5.73 Å². The van der Waals surface area contributed by atoms with Crippen molar-refractivity contribution in [3.63, 3.8) is 0 Å². The Hall–Kier alpha value is -2.10. The van der Waals surface area contributed by atoms with Crippen molar-refractivity contribution in [2.75, 3.05) is 0 Å². The smallest absolute Gasteiger partial charge is 0.122 e. The van der Waals surface area contributed by atoms with Gasteiger partial charge in [0.2, 0.25) is 0 Å². The van der Waals surface area contributed by atoms with Crippen molar-refractivity contribution in [2.24, 2.45) is 5.73 Å². The first kappa shape index (κ1) is 11.4. The molecular formula is C13H16N4. The van der Waals surface area contributed by atoms with Crippen LogP contribution in [-0.4, -0.2) is 15.4 Å². The van der Waals surface area contributed by atoms with Crippen LogP contribution >= 0.6 is 0 Å². The van der Waals surface area contributed by atoms with E-state index in [1.165, 1.54) is 0 Å². The lowest BCUT2D eigenvalue weighted by Crippen LogP contribution is -2.10. The van der Waals surface area contributed by atoms with Gasteiger partial charge in [-0.15, -0.1) is 0 Å². The maximum atomic E-state index is 7.34. The lowest BCUT2D eigenvalue weighted by molar-refractivity contribution is 0.730. The van der Waals surface area contributed by atoms with E-state index in [-0.39, 0.29) is 5.84 Å². The van der Waals surface area contributed by atoms with Gasteiger partial charge in [-0.1, -0.05) is 24.3 Å². The number of hydrogen-bond acceptors (Lipinski definition) is 2. The van der Waals surface area contributed by atoms with E-state index in [0.717, 1.165) is 29.2 Å². The maximum Gasteiger partial charge on any atom is 0.122 e. The molecule has 0 aliphatic carbocycles. The molecule has 3 N–H and O–H groups in total. The second-order valence-electron chi connectivity index (χ2n) is 3.95. The molecule has 0 aliphatic rings. The highest BCUT2D eigenvalue weighted by Crippen LogP contribution is 2.19. The van der Waals surface area contributed by atoms with Crippen LogP contribution in [0.2, 0.25) is 0 Å². The third-order valence-electron chi connectivity index (χ3n) is 2.81. The zero-order chi connectivity index (χ0) is 12.4. The monoisotopic (exact) mass is 228 g/mol. The Kier molecular flexibility index (Phi) is 2.95. The van der Waals surface area contributed by atoms with Gasteiger partial charge in [0.15, 0.2) is 0 Å². The van der Waals surface area contributed by atoms with E-state index in [1.54, 1.807) is 0 Å². The minimum absolute atomic E-state index is 0.0896. The van der Waals surface area contributed by atoms with Gasteiger partial charge in [-0.25, -0.2) is 4.98 Å². The predicted molar refractivity (Wildman–Crippen MR) is 69.1 cm³/mol. The van der Waals surface area contributed by atoms with Gasteiger partial charge in [0.1, 0.15) is 11.7 Å². The second-order valence-corrected chi connectivity index (χ2v) is 3.95. The summed E-state index contributed by atoms with van der Waals surface area (Å²) < 4.78 is 2.11. The van der Waals surface area contributed by atoms with Crippen LogP contribution in [0.3, 0.4) is 0 Å². The summed E-state index contributed by atoms with van der Waals surface area (Å²) >= 11 is 0. The third-order valence-corrected chi connectivity index (χ3v) is 2.81. The molecule has 0 amide bonds. The molecule has 4 heteroatoms. The van der Waals surface area contributed by atoms with Crippen LogP contribution in [0.5, 0.6) is 0 Å². The Morgan fingerprint density at radius 3 is 2.47 bits per heavy atom. The lowest BCUT2D eigenvalue weighted by atomic mass is 10.1. The van der Waals surface area contributed by atoms with Gasteiger partial charge >= 0.3 is 0 Å². The van der Waals surface area contributed by atoms with E-state index in [1.807, 2.05) is 37.4 Å². The van der Waals surface area contributed by atoms with Crippen molar-refractivity contribution in [1.29, 1.82) is 5.41 Å². The minimum atomic E-state index is 0.0896. The van der Waals surface area contributed by atoms with Crippen LogP contribution in [-0.2, 0) is 6.54 Å². The number of amidine groups is 1. The summed E-state index contributed by atoms with van der Waals surface area (Å²) in [5.41, 5.74) is 8.16. The molecule has 88 valence electrons. The Morgan fingerprint density at radius 2 is 2.00 bits per heavy atom. The number of aryl methyl sites for hydroxylation is 2. The Balaban J connectivity index is 2.36. The fraction of sp³-hybridized carbons (Fsp3) is 0.231. The molecule has 2 aromatic rings. The van der Waals surface area contributed by atoms with Crippen LogP contribution in [0.4, 0.5) is 0 Å². The summed E-state index contributed by atoms with van der Waals surface area (Å²) in [6, 6.07) is 7.58. The molecule has 2 rings (SSSR count). The number of aromatic nitrogens is 2. The minimum Gasteiger partial charge on any atom is -0.384 e. The summed E-state index contributed by atoms with van der Waals surface area (Å²) in [7, 11) is 0. The molecule has 0 saturated carbocycles. The number of benzene rings is 1. The second kappa shape index (κ2) is 4.41. The van der Waals surface area contributed by atoms with E-state index >= 15 is 0 Å². The van der Waals surface area contributed by atoms with Gasteiger partial charge in [0.25, 0.3) is 0 Å². The summed E-state index contributed by atoms with van der Waals surface area (Å²) in [6.45, 7) is 5.01. The Labute approximate surface area is 101 Å². The fourth-order valence-electron chi connectivity index (χ4n) is 1.79. The summed E-state index contributed by atoms with van der Waals surface area (Å²) in [5.74, 6) is 1.10. The molecule has 17 heavy (non-hydrogen) atoms. The molecule has 0 aliphatic heterocycles. The molecule has 0 saturated heterocycles. The van der Waals surface area contributed by atoms with Crippen molar-refractivity contribution in [1.82, 2.24) is 9.55 Å². The van der Waals surface area contributed by atoms with Gasteiger partial charge in [-0.05, 0) is 13.8 Å². The number of rotatable bonds is 3. The third kappa shape index (κ3) is 2.20. The van der Waals surface area contributed by atoms with Crippen LogP contribution in [0, 0.1) is 12.3 Å². The summed E-state index contributed by atoms with van der Waals surface area (Å²) in [4.78, 5) is 4.50. The quantitative estimate of drug-likeness (QED) is 0.624. The number of nitrogens with zero attached hydrogens (tertiary/aromatic N) is 2. The highest BCUT2D eigenvalue weighted by atomic mass is 15.1. The Bertz CT molecular complexity index is 537. The molecule has 1 heterocycles. The van der Waals surface area contributed by atoms with Gasteiger partial charge < -0.3 is 10.3 Å². The number of imidazole rings is 1. The summed E-state index contributed by atoms with van der Waals surface area (Å²) in [6.07, 6.45) is 2.04. The van der Waals surface area contributed by atoms with Crippen molar-refractivity contribution in [3.8, 4) is 11.3 Å². The molecule has 0 fully saturated rings. The SMILES string of the molecule is CCn1cc(-c2ccc(C(=N)N)cc2)nc1C. The van der Waals surface area contributed by atoms with Crippen molar-refractivity contribution in [2.45, 2.75) is 20.4 Å². The standard InChI is InChI=1S/C13H16N4/c1-3-17-8-12(16-9(17)2)10-4-6-11(7-5-10)13(14)15/h4-8H,3H2,1-2H3,(H3,14,15). The highest BCUT2D eigenvalue weighted by Gasteiger charge is 2.05. The van der Waals surface area contributed by atoms with Crippen molar-refractivity contribution < 1.29 is 0 Å². The normalized spacial score (nSPS) is 10.5. The molecular weight excluding hydrogens is 212 g/mol. The average Bonchev–Trinajstić information content (AvgIpc) is 2.70. The van der Waals surface area contributed by atoms with Crippen molar-refractivity contribution >= 4 is 5.84 Å². The fourth-order valence-corrected chi connectivity index (χ4v) is 1.79. The zero-order valence-corrected chi connectivity index (χ0v) is 10.1. The van der Waals surface area contributed by atoms with E-state index in [4.69, 9.17) is 11.1 Å². The van der Waals surface area contributed by atoms with Crippen LogP contribution in [0.1, 0.15) is 18.3 Å². The Morgan fingerprint density at radius 1 is 1.35 bits per heavy atom. The molecule has 4 nitrogen and oxygen atoms in total. The number of hydrogen-bond donors (Lipinski definition) is 2. The number of nitrogen functional groups attached to an aromatic ring is 1. The molecule has 0 spiro atoms. The zero-order valence-electron chi connectivity index (χ0n) is 10.1. The summed E-state index contributed by atoms with van der Waals surface area (Å²) in [5, 5.41) is 7.34. The molecule has 1 aromatic heterocycles. The molecule has 0 bridgehead atoms. The van der Waals surface area contributed by atoms with Crippen molar-refractivity contribution in [3.05, 3.63) is 41.9 Å². The average molecular weight is 228 g/mol. The van der Waals surface area contributed by atoms with Gasteiger partial charge in [0, 0.05) is 23.9 Å². The molecule has 1 aromatic carbocycles. The largest absolute Gasteiger partial charge is 0.384 e. The number of nitrogens with one attached hydrogen (secondary N) is 1. The van der Waals surface area contributed by atoms with Gasteiger partial charge in [0.05, 0.1) is 5.69 Å². The lowest BCUT2D eigenvalue weighted by Gasteiger charge is -2.00. The van der Waals surface area contributed by atoms with Crippen LogP contribution in [0.25, 0.3) is 11.3 Å². The van der Waals surface area contributed by atoms with E-state index in [2.05, 4.69) is 16.5 Å². The first-order valence-corrected chi connectivity index (χ1v) is 5.60. The van der Waals surface area contributed by atoms with E-state index in [0.29, 0.717) is 0 Å². The highest BCUT2D eigenvalue weighted by molar-refractivity contribution is 5.95. The topological polar surface area (TPSA) is 67.7 Å². The number of nitrogens with two attached hydrogens (primary N) is 1. The molecule has 0 radical (unpaired) electrons.